The van der Waals surface area contributed by atoms with Gasteiger partial charge < -0.3 is 15.0 Å². The van der Waals surface area contributed by atoms with Gasteiger partial charge in [-0.05, 0) is 42.5 Å². The fraction of sp³-hybridized carbons (Fsp3) is 0.353. The van der Waals surface area contributed by atoms with Crippen molar-refractivity contribution in [1.29, 1.82) is 0 Å². The summed E-state index contributed by atoms with van der Waals surface area (Å²) in [7, 11) is 1.74. The van der Waals surface area contributed by atoms with Crippen molar-refractivity contribution in [1.82, 2.24) is 4.57 Å². The van der Waals surface area contributed by atoms with E-state index in [0.717, 1.165) is 17.7 Å². The minimum Gasteiger partial charge on any atom is -0.508 e. The van der Waals surface area contributed by atoms with Gasteiger partial charge in [0, 0.05) is 24.9 Å². The van der Waals surface area contributed by atoms with Crippen molar-refractivity contribution in [3.05, 3.63) is 57.5 Å². The zero-order valence-corrected chi connectivity index (χ0v) is 12.6. The van der Waals surface area contributed by atoms with Crippen LogP contribution in [0.1, 0.15) is 42.0 Å². The molecule has 0 fully saturated rings. The minimum absolute atomic E-state index is 0.0283. The van der Waals surface area contributed by atoms with E-state index < -0.39 is 0 Å². The second kappa shape index (κ2) is 4.95. The largest absolute Gasteiger partial charge is 0.508 e. The normalized spacial score (nSPS) is 20.3. The number of phenols is 1. The van der Waals surface area contributed by atoms with Gasteiger partial charge in [-0.25, -0.2) is 0 Å². The van der Waals surface area contributed by atoms with E-state index in [1.807, 2.05) is 6.07 Å². The molecule has 3 rings (SSSR count). The van der Waals surface area contributed by atoms with Crippen LogP contribution in [0.25, 0.3) is 0 Å². The van der Waals surface area contributed by atoms with Crippen LogP contribution in [0.15, 0.2) is 35.3 Å². The van der Waals surface area contributed by atoms with E-state index in [1.54, 1.807) is 36.0 Å². The predicted molar refractivity (Wildman–Crippen MR) is 83.9 cm³/mol. The summed E-state index contributed by atoms with van der Waals surface area (Å²) in [5.74, 6) is 0.763. The standard InChI is InChI=1S/C17H20N2O2/c1-10-4-6-14(20)17-13(8-11(2)16(10)17)18-12-5-7-15(21)19(3)9-12/h4-7,9,11,13,18,20H,8H2,1-3H3. The predicted octanol–water partition coefficient (Wildman–Crippen LogP) is 3.06. The van der Waals surface area contributed by atoms with Crippen molar-refractivity contribution in [2.75, 3.05) is 5.32 Å². The summed E-state index contributed by atoms with van der Waals surface area (Å²) < 4.78 is 1.55. The molecule has 2 aromatic rings. The maximum absolute atomic E-state index is 11.5. The first-order valence-electron chi connectivity index (χ1n) is 7.23. The van der Waals surface area contributed by atoms with Gasteiger partial charge in [-0.15, -0.1) is 0 Å². The molecule has 0 saturated carbocycles. The maximum Gasteiger partial charge on any atom is 0.250 e. The summed E-state index contributed by atoms with van der Waals surface area (Å²) >= 11 is 0. The van der Waals surface area contributed by atoms with Crippen LogP contribution >= 0.6 is 0 Å². The highest BCUT2D eigenvalue weighted by Gasteiger charge is 2.32. The number of nitrogens with zero attached hydrogens (tertiary/aromatic N) is 1. The molecule has 4 nitrogen and oxygen atoms in total. The molecule has 0 aliphatic heterocycles. The van der Waals surface area contributed by atoms with Gasteiger partial charge in [-0.1, -0.05) is 13.0 Å². The smallest absolute Gasteiger partial charge is 0.250 e. The van der Waals surface area contributed by atoms with Gasteiger partial charge in [-0.2, -0.15) is 0 Å². The first-order valence-corrected chi connectivity index (χ1v) is 7.23. The van der Waals surface area contributed by atoms with Crippen molar-refractivity contribution in [2.45, 2.75) is 32.2 Å². The van der Waals surface area contributed by atoms with E-state index in [4.69, 9.17) is 0 Å². The average Bonchev–Trinajstić information content (AvgIpc) is 2.76. The lowest BCUT2D eigenvalue weighted by atomic mass is 9.97. The lowest BCUT2D eigenvalue weighted by Gasteiger charge is -2.17. The summed E-state index contributed by atoms with van der Waals surface area (Å²) in [6.07, 6.45) is 2.73. The molecule has 110 valence electrons. The van der Waals surface area contributed by atoms with Crippen LogP contribution < -0.4 is 10.9 Å². The second-order valence-corrected chi connectivity index (χ2v) is 5.93. The van der Waals surface area contributed by atoms with Crippen LogP contribution in [0, 0.1) is 6.92 Å². The molecule has 1 aliphatic carbocycles. The van der Waals surface area contributed by atoms with Crippen molar-refractivity contribution < 1.29 is 5.11 Å². The van der Waals surface area contributed by atoms with Gasteiger partial charge >= 0.3 is 0 Å². The van der Waals surface area contributed by atoms with Crippen LogP contribution in [0.3, 0.4) is 0 Å². The molecule has 21 heavy (non-hydrogen) atoms. The van der Waals surface area contributed by atoms with Crippen molar-refractivity contribution in [2.24, 2.45) is 7.05 Å². The summed E-state index contributed by atoms with van der Waals surface area (Å²) in [5.41, 5.74) is 4.33. The Labute approximate surface area is 124 Å². The summed E-state index contributed by atoms with van der Waals surface area (Å²) in [5, 5.41) is 13.7. The minimum atomic E-state index is -0.0283. The van der Waals surface area contributed by atoms with E-state index in [9.17, 15) is 9.90 Å². The molecular formula is C17H20N2O2. The molecule has 0 saturated heterocycles. The Balaban J connectivity index is 1.98. The molecule has 4 heteroatoms. The Bertz CT molecular complexity index is 749. The highest BCUT2D eigenvalue weighted by molar-refractivity contribution is 5.55. The molecule has 2 atom stereocenters. The first kappa shape index (κ1) is 13.7. The molecule has 0 amide bonds. The third-order valence-corrected chi connectivity index (χ3v) is 4.34. The van der Waals surface area contributed by atoms with Gasteiger partial charge in [-0.3, -0.25) is 4.79 Å². The van der Waals surface area contributed by atoms with Crippen molar-refractivity contribution in [3.63, 3.8) is 0 Å². The van der Waals surface area contributed by atoms with Gasteiger partial charge in [0.15, 0.2) is 0 Å². The third kappa shape index (κ3) is 2.31. The number of hydrogen-bond acceptors (Lipinski definition) is 3. The van der Waals surface area contributed by atoms with E-state index in [1.165, 1.54) is 11.1 Å². The number of phenolic OH excluding ortho intramolecular Hbond substituents is 1. The molecule has 2 unspecified atom stereocenters. The summed E-state index contributed by atoms with van der Waals surface area (Å²) in [4.78, 5) is 11.5. The zero-order chi connectivity index (χ0) is 15.1. The number of pyridine rings is 1. The quantitative estimate of drug-likeness (QED) is 0.891. The number of rotatable bonds is 2. The Hall–Kier alpha value is -2.23. The van der Waals surface area contributed by atoms with Crippen LogP contribution in [0.2, 0.25) is 0 Å². The van der Waals surface area contributed by atoms with Gasteiger partial charge in [0.1, 0.15) is 5.75 Å². The van der Waals surface area contributed by atoms with Crippen molar-refractivity contribution >= 4 is 5.69 Å². The van der Waals surface area contributed by atoms with E-state index in [-0.39, 0.29) is 11.6 Å². The highest BCUT2D eigenvalue weighted by Crippen LogP contribution is 2.47. The molecule has 1 aromatic heterocycles. The fourth-order valence-electron chi connectivity index (χ4n) is 3.36. The Morgan fingerprint density at radius 2 is 2.00 bits per heavy atom. The lowest BCUT2D eigenvalue weighted by molar-refractivity contribution is 0.465. The number of aromatic hydroxyl groups is 1. The van der Waals surface area contributed by atoms with Crippen LogP contribution in [-0.2, 0) is 7.05 Å². The van der Waals surface area contributed by atoms with Crippen LogP contribution in [0.4, 0.5) is 5.69 Å². The zero-order valence-electron chi connectivity index (χ0n) is 12.6. The highest BCUT2D eigenvalue weighted by atomic mass is 16.3. The second-order valence-electron chi connectivity index (χ2n) is 5.93. The molecule has 0 radical (unpaired) electrons. The van der Waals surface area contributed by atoms with E-state index in [0.29, 0.717) is 11.7 Å². The number of aromatic nitrogens is 1. The SMILES string of the molecule is Cc1ccc(O)c2c1C(C)CC2Nc1ccc(=O)n(C)c1. The first-order chi connectivity index (χ1) is 9.97. The van der Waals surface area contributed by atoms with E-state index >= 15 is 0 Å². The number of hydrogen-bond donors (Lipinski definition) is 2. The maximum atomic E-state index is 11.5. The molecule has 1 aromatic carbocycles. The Morgan fingerprint density at radius 3 is 2.71 bits per heavy atom. The number of fused-ring (bicyclic) bond motifs is 1. The number of benzene rings is 1. The molecule has 0 bridgehead atoms. The Kier molecular flexibility index (Phi) is 3.24. The molecule has 1 aliphatic rings. The monoisotopic (exact) mass is 284 g/mol. The molecular weight excluding hydrogens is 264 g/mol. The van der Waals surface area contributed by atoms with Gasteiger partial charge in [0.05, 0.1) is 11.7 Å². The Morgan fingerprint density at radius 1 is 1.24 bits per heavy atom. The number of anilines is 1. The van der Waals surface area contributed by atoms with Crippen LogP contribution in [-0.4, -0.2) is 9.67 Å². The van der Waals surface area contributed by atoms with Gasteiger partial charge in [0.2, 0.25) is 5.56 Å². The third-order valence-electron chi connectivity index (χ3n) is 4.34. The molecule has 0 spiro atoms. The number of nitrogens with one attached hydrogen (secondary N) is 1. The van der Waals surface area contributed by atoms with Crippen LogP contribution in [0.5, 0.6) is 5.75 Å². The summed E-state index contributed by atoms with van der Waals surface area (Å²) in [6.45, 7) is 4.27. The lowest BCUT2D eigenvalue weighted by Crippen LogP contribution is -2.16. The molecule has 2 N–H and O–H groups in total. The van der Waals surface area contributed by atoms with E-state index in [2.05, 4.69) is 19.2 Å². The molecule has 1 heterocycles. The van der Waals surface area contributed by atoms with Crippen molar-refractivity contribution in [3.8, 4) is 5.75 Å². The van der Waals surface area contributed by atoms with Gasteiger partial charge in [0.25, 0.3) is 0 Å². The topological polar surface area (TPSA) is 54.3 Å². The average molecular weight is 284 g/mol. The number of aryl methyl sites for hydroxylation is 2. The summed E-state index contributed by atoms with van der Waals surface area (Å²) in [6, 6.07) is 7.16. The fourth-order valence-corrected chi connectivity index (χ4v) is 3.36.